The number of nitrogens with zero attached hydrogens (tertiary/aromatic N) is 2. The maximum absolute atomic E-state index is 14.0. The molecule has 0 aliphatic rings. The van der Waals surface area contributed by atoms with Crippen LogP contribution in [0.15, 0.2) is 59.6 Å². The zero-order valence-corrected chi connectivity index (χ0v) is 17.8. The number of anilines is 1. The standard InChI is InChI=1S/C20H15Cl2FN2O4S/c1-12-2-3-13(8-18(12)23)11-25(19-17(22)9-15(21)10-24-19)30(28,29)16-6-4-14(5-7-16)20(26)27/h2-10H,11H2,1H3,(H,26,27). The Morgan fingerprint density at radius 2 is 1.80 bits per heavy atom. The molecule has 0 unspecified atom stereocenters. The van der Waals surface area contributed by atoms with Gasteiger partial charge in [0.25, 0.3) is 10.0 Å². The van der Waals surface area contributed by atoms with Gasteiger partial charge in [-0.3, -0.25) is 0 Å². The number of carbonyl (C=O) groups is 1. The highest BCUT2D eigenvalue weighted by atomic mass is 35.5. The Morgan fingerprint density at radius 3 is 2.37 bits per heavy atom. The number of aromatic nitrogens is 1. The lowest BCUT2D eigenvalue weighted by Gasteiger charge is -2.24. The Hall–Kier alpha value is -2.68. The quantitative estimate of drug-likeness (QED) is 0.553. The van der Waals surface area contributed by atoms with E-state index in [4.69, 9.17) is 28.3 Å². The van der Waals surface area contributed by atoms with Crippen LogP contribution in [0.4, 0.5) is 10.2 Å². The van der Waals surface area contributed by atoms with E-state index in [2.05, 4.69) is 4.98 Å². The Labute approximate surface area is 182 Å². The summed E-state index contributed by atoms with van der Waals surface area (Å²) in [5.41, 5.74) is 0.723. The summed E-state index contributed by atoms with van der Waals surface area (Å²) in [6.07, 6.45) is 1.24. The molecule has 10 heteroatoms. The molecule has 0 fully saturated rings. The van der Waals surface area contributed by atoms with E-state index in [1.807, 2.05) is 0 Å². The van der Waals surface area contributed by atoms with Gasteiger partial charge in [-0.15, -0.1) is 0 Å². The van der Waals surface area contributed by atoms with Crippen LogP contribution in [0.1, 0.15) is 21.5 Å². The molecule has 3 rings (SSSR count). The largest absolute Gasteiger partial charge is 0.478 e. The molecule has 0 spiro atoms. The van der Waals surface area contributed by atoms with E-state index in [9.17, 15) is 17.6 Å². The molecule has 3 aromatic rings. The van der Waals surface area contributed by atoms with Crippen molar-refractivity contribution in [3.63, 3.8) is 0 Å². The molecule has 156 valence electrons. The van der Waals surface area contributed by atoms with Gasteiger partial charge in [-0.25, -0.2) is 26.9 Å². The first-order valence-electron chi connectivity index (χ1n) is 8.52. The molecular formula is C20H15Cl2FN2O4S. The van der Waals surface area contributed by atoms with Crippen molar-refractivity contribution in [3.8, 4) is 0 Å². The topological polar surface area (TPSA) is 87.6 Å². The van der Waals surface area contributed by atoms with Gasteiger partial charge in [-0.1, -0.05) is 35.3 Å². The molecule has 0 aliphatic heterocycles. The number of hydrogen-bond acceptors (Lipinski definition) is 4. The van der Waals surface area contributed by atoms with Crippen LogP contribution in [0.2, 0.25) is 10.0 Å². The molecule has 0 atom stereocenters. The molecule has 0 saturated heterocycles. The zero-order valence-electron chi connectivity index (χ0n) is 15.5. The second-order valence-electron chi connectivity index (χ2n) is 6.38. The normalized spacial score (nSPS) is 11.3. The fraction of sp³-hybridized carbons (Fsp3) is 0.100. The van der Waals surface area contributed by atoms with Gasteiger partial charge < -0.3 is 5.11 Å². The van der Waals surface area contributed by atoms with Crippen LogP contribution < -0.4 is 4.31 Å². The average Bonchev–Trinajstić information content (AvgIpc) is 2.69. The van der Waals surface area contributed by atoms with Gasteiger partial charge in [0.05, 0.1) is 27.0 Å². The third-order valence-corrected chi connectivity index (χ3v) is 6.51. The molecule has 1 heterocycles. The first-order valence-corrected chi connectivity index (χ1v) is 10.7. The van der Waals surface area contributed by atoms with Crippen LogP contribution in [-0.4, -0.2) is 24.5 Å². The van der Waals surface area contributed by atoms with Crippen LogP contribution in [0, 0.1) is 12.7 Å². The Balaban J connectivity index is 2.11. The van der Waals surface area contributed by atoms with Crippen LogP contribution >= 0.6 is 23.2 Å². The Kier molecular flexibility index (Phi) is 6.30. The van der Waals surface area contributed by atoms with Crippen molar-refractivity contribution in [1.82, 2.24) is 4.98 Å². The van der Waals surface area contributed by atoms with Crippen molar-refractivity contribution >= 4 is 45.0 Å². The van der Waals surface area contributed by atoms with Gasteiger partial charge in [0.2, 0.25) is 0 Å². The van der Waals surface area contributed by atoms with Crippen LogP contribution in [-0.2, 0) is 16.6 Å². The van der Waals surface area contributed by atoms with E-state index >= 15 is 0 Å². The fourth-order valence-electron chi connectivity index (χ4n) is 2.66. The lowest BCUT2D eigenvalue weighted by molar-refractivity contribution is 0.0696. The number of benzene rings is 2. The van der Waals surface area contributed by atoms with E-state index in [1.54, 1.807) is 13.0 Å². The summed E-state index contributed by atoms with van der Waals surface area (Å²) in [5, 5.41) is 9.24. The molecule has 1 aromatic heterocycles. The summed E-state index contributed by atoms with van der Waals surface area (Å²) < 4.78 is 41.7. The highest BCUT2D eigenvalue weighted by molar-refractivity contribution is 7.92. The number of carboxylic acid groups (broad SMARTS) is 1. The number of halogens is 3. The molecule has 0 aliphatic carbocycles. The van der Waals surface area contributed by atoms with E-state index in [0.29, 0.717) is 11.1 Å². The van der Waals surface area contributed by atoms with Crippen molar-refractivity contribution < 1.29 is 22.7 Å². The van der Waals surface area contributed by atoms with Gasteiger partial charge in [0.1, 0.15) is 5.82 Å². The Bertz CT molecular complexity index is 1220. The maximum atomic E-state index is 14.0. The van der Waals surface area contributed by atoms with E-state index in [1.165, 1.54) is 48.7 Å². The van der Waals surface area contributed by atoms with Crippen molar-refractivity contribution in [1.29, 1.82) is 0 Å². The number of pyridine rings is 1. The van der Waals surface area contributed by atoms with Crippen molar-refractivity contribution in [2.75, 3.05) is 4.31 Å². The maximum Gasteiger partial charge on any atom is 0.335 e. The number of hydrogen-bond donors (Lipinski definition) is 1. The minimum atomic E-state index is -4.23. The predicted octanol–water partition coefficient (Wildman–Crippen LogP) is 4.93. The third-order valence-electron chi connectivity index (χ3n) is 4.28. The number of rotatable bonds is 6. The van der Waals surface area contributed by atoms with E-state index < -0.39 is 21.8 Å². The third kappa shape index (κ3) is 4.56. The minimum absolute atomic E-state index is 0.0131. The molecule has 30 heavy (non-hydrogen) atoms. The molecule has 2 aromatic carbocycles. The second-order valence-corrected chi connectivity index (χ2v) is 9.09. The van der Waals surface area contributed by atoms with Crippen molar-refractivity contribution in [3.05, 3.63) is 87.3 Å². The summed E-state index contributed by atoms with van der Waals surface area (Å²) in [5.74, 6) is -1.76. The second kappa shape index (κ2) is 8.59. The van der Waals surface area contributed by atoms with Gasteiger partial charge in [-0.2, -0.15) is 0 Å². The fourth-order valence-corrected chi connectivity index (χ4v) is 4.62. The molecule has 0 bridgehead atoms. The molecule has 0 amide bonds. The number of carboxylic acids is 1. The number of sulfonamides is 1. The summed E-state index contributed by atoms with van der Waals surface area (Å²) in [6.45, 7) is 1.34. The van der Waals surface area contributed by atoms with Gasteiger partial charge in [0.15, 0.2) is 5.82 Å². The molecule has 0 radical (unpaired) electrons. The summed E-state index contributed by atoms with van der Waals surface area (Å²) in [7, 11) is -4.23. The summed E-state index contributed by atoms with van der Waals surface area (Å²) >= 11 is 12.1. The van der Waals surface area contributed by atoms with Crippen LogP contribution in [0.25, 0.3) is 0 Å². The first kappa shape index (κ1) is 22.0. The molecular weight excluding hydrogens is 454 g/mol. The van der Waals surface area contributed by atoms with E-state index in [0.717, 1.165) is 4.31 Å². The zero-order chi connectivity index (χ0) is 22.1. The summed E-state index contributed by atoms with van der Waals surface area (Å²) in [6, 6.07) is 10.4. The molecule has 0 saturated carbocycles. The highest BCUT2D eigenvalue weighted by Gasteiger charge is 2.28. The van der Waals surface area contributed by atoms with Crippen molar-refractivity contribution in [2.24, 2.45) is 0 Å². The SMILES string of the molecule is Cc1ccc(CN(c2ncc(Cl)cc2Cl)S(=O)(=O)c2ccc(C(=O)O)cc2)cc1F. The Morgan fingerprint density at radius 1 is 1.13 bits per heavy atom. The lowest BCUT2D eigenvalue weighted by atomic mass is 10.1. The number of aromatic carboxylic acids is 1. The predicted molar refractivity (Wildman–Crippen MR) is 112 cm³/mol. The lowest BCUT2D eigenvalue weighted by Crippen LogP contribution is -2.31. The monoisotopic (exact) mass is 468 g/mol. The van der Waals surface area contributed by atoms with Gasteiger partial charge in [0, 0.05) is 6.20 Å². The summed E-state index contributed by atoms with van der Waals surface area (Å²) in [4.78, 5) is 14.9. The average molecular weight is 469 g/mol. The highest BCUT2D eigenvalue weighted by Crippen LogP contribution is 2.32. The first-order chi connectivity index (χ1) is 14.1. The van der Waals surface area contributed by atoms with Gasteiger partial charge in [-0.05, 0) is 54.4 Å². The van der Waals surface area contributed by atoms with Gasteiger partial charge >= 0.3 is 5.97 Å². The van der Waals surface area contributed by atoms with E-state index in [-0.39, 0.29) is 32.9 Å². The molecule has 1 N–H and O–H groups in total. The molecule has 6 nitrogen and oxygen atoms in total. The minimum Gasteiger partial charge on any atom is -0.478 e. The number of aryl methyl sites for hydroxylation is 1. The smallest absolute Gasteiger partial charge is 0.335 e. The van der Waals surface area contributed by atoms with Crippen molar-refractivity contribution in [2.45, 2.75) is 18.4 Å². The van der Waals surface area contributed by atoms with Crippen LogP contribution in [0.3, 0.4) is 0 Å². The van der Waals surface area contributed by atoms with Crippen LogP contribution in [0.5, 0.6) is 0 Å².